The minimum atomic E-state index is -0.337. The van der Waals surface area contributed by atoms with Crippen LogP contribution in [0.25, 0.3) is 5.57 Å². The maximum Gasteiger partial charge on any atom is 0.278 e. The molecule has 1 aliphatic carbocycles. The average molecular weight is 370 g/mol. The topological polar surface area (TPSA) is 40.6 Å². The molecule has 1 saturated heterocycles. The summed E-state index contributed by atoms with van der Waals surface area (Å²) < 4.78 is 13.4. The number of nitrogens with zero attached hydrogens (tertiary/aromatic N) is 2. The molecular weight excluding hydrogens is 343 g/mol. The van der Waals surface area contributed by atoms with Crippen molar-refractivity contribution in [1.82, 2.24) is 9.80 Å². The fourth-order valence-electron chi connectivity index (χ4n) is 4.67. The molecule has 0 radical (unpaired) electrons. The highest BCUT2D eigenvalue weighted by Gasteiger charge is 2.44. The Morgan fingerprint density at radius 2 is 1.37 bits per heavy atom. The summed E-state index contributed by atoms with van der Waals surface area (Å²) in [5, 5.41) is 0. The van der Waals surface area contributed by atoms with E-state index in [0.717, 1.165) is 51.6 Å². The van der Waals surface area contributed by atoms with Crippen LogP contribution in [0.3, 0.4) is 0 Å². The molecule has 1 saturated carbocycles. The van der Waals surface area contributed by atoms with Gasteiger partial charge in [-0.25, -0.2) is 4.39 Å². The number of hydrogen-bond acceptors (Lipinski definition) is 3. The van der Waals surface area contributed by atoms with Crippen LogP contribution in [0, 0.1) is 5.82 Å². The molecule has 0 aromatic heterocycles. The molecule has 144 valence electrons. The maximum absolute atomic E-state index is 13.4. The van der Waals surface area contributed by atoms with Crippen molar-refractivity contribution in [2.24, 2.45) is 0 Å². The molecule has 3 aliphatic rings. The van der Waals surface area contributed by atoms with Crippen molar-refractivity contribution in [2.45, 2.75) is 63.8 Å². The normalized spacial score (nSPS) is 22.6. The summed E-state index contributed by atoms with van der Waals surface area (Å²) in [5.74, 6) is -0.679. The quantitative estimate of drug-likeness (QED) is 0.752. The van der Waals surface area contributed by atoms with Gasteiger partial charge in [0.05, 0.1) is 5.57 Å². The number of carbonyl (C=O) groups excluding carboxylic acids is 2. The Balaban J connectivity index is 1.71. The molecule has 2 amide bonds. The van der Waals surface area contributed by atoms with Crippen molar-refractivity contribution < 1.29 is 14.0 Å². The second-order valence-electron chi connectivity index (χ2n) is 7.90. The zero-order valence-electron chi connectivity index (χ0n) is 15.8. The highest BCUT2D eigenvalue weighted by atomic mass is 19.1. The van der Waals surface area contributed by atoms with Gasteiger partial charge in [0.2, 0.25) is 0 Å². The first kappa shape index (κ1) is 18.2. The highest BCUT2D eigenvalue weighted by Crippen LogP contribution is 2.36. The van der Waals surface area contributed by atoms with Crippen LogP contribution in [0.1, 0.15) is 63.4 Å². The van der Waals surface area contributed by atoms with Gasteiger partial charge in [0.25, 0.3) is 11.8 Å². The molecule has 2 aliphatic heterocycles. The number of imide groups is 1. The van der Waals surface area contributed by atoms with Gasteiger partial charge in [-0.15, -0.1) is 0 Å². The summed E-state index contributed by atoms with van der Waals surface area (Å²) >= 11 is 0. The van der Waals surface area contributed by atoms with E-state index in [1.807, 2.05) is 0 Å². The molecule has 0 spiro atoms. The van der Waals surface area contributed by atoms with Gasteiger partial charge >= 0.3 is 0 Å². The molecule has 2 heterocycles. The minimum absolute atomic E-state index is 0.0131. The monoisotopic (exact) mass is 370 g/mol. The molecule has 4 nitrogen and oxygen atoms in total. The number of benzene rings is 1. The van der Waals surface area contributed by atoms with Gasteiger partial charge < -0.3 is 4.90 Å². The first-order chi connectivity index (χ1) is 13.2. The Labute approximate surface area is 160 Å². The lowest BCUT2D eigenvalue weighted by Crippen LogP contribution is -2.42. The number of carbonyl (C=O) groups is 2. The molecule has 4 rings (SSSR count). The second-order valence-corrected chi connectivity index (χ2v) is 7.90. The third-order valence-corrected chi connectivity index (χ3v) is 6.09. The van der Waals surface area contributed by atoms with Crippen molar-refractivity contribution in [1.29, 1.82) is 0 Å². The molecule has 1 aromatic rings. The van der Waals surface area contributed by atoms with E-state index in [-0.39, 0.29) is 23.7 Å². The molecular formula is C22H27FN2O2. The van der Waals surface area contributed by atoms with E-state index in [2.05, 4.69) is 4.90 Å². The molecule has 0 bridgehead atoms. The number of halogens is 1. The van der Waals surface area contributed by atoms with Crippen LogP contribution in [0.4, 0.5) is 4.39 Å². The van der Waals surface area contributed by atoms with Gasteiger partial charge in [-0.3, -0.25) is 14.5 Å². The van der Waals surface area contributed by atoms with Gasteiger partial charge in [-0.05, 0) is 43.4 Å². The second kappa shape index (κ2) is 7.83. The van der Waals surface area contributed by atoms with Gasteiger partial charge in [0, 0.05) is 19.1 Å². The summed E-state index contributed by atoms with van der Waals surface area (Å²) in [6.07, 6.45) is 9.55. The number of likely N-dealkylation sites (tertiary alicyclic amines) is 1. The Morgan fingerprint density at radius 1 is 0.778 bits per heavy atom. The van der Waals surface area contributed by atoms with Crippen LogP contribution in [-0.4, -0.2) is 40.7 Å². The largest absolute Gasteiger partial charge is 0.366 e. The van der Waals surface area contributed by atoms with E-state index < -0.39 is 0 Å². The van der Waals surface area contributed by atoms with Crippen molar-refractivity contribution in [3.05, 3.63) is 41.3 Å². The molecule has 2 fully saturated rings. The summed E-state index contributed by atoms with van der Waals surface area (Å²) in [7, 11) is 0. The van der Waals surface area contributed by atoms with Crippen LogP contribution in [0.5, 0.6) is 0 Å². The van der Waals surface area contributed by atoms with Gasteiger partial charge in [0.1, 0.15) is 11.5 Å². The fraction of sp³-hybridized carbons (Fsp3) is 0.545. The van der Waals surface area contributed by atoms with Gasteiger partial charge in [0.15, 0.2) is 0 Å². The fourth-order valence-corrected chi connectivity index (χ4v) is 4.67. The van der Waals surface area contributed by atoms with Crippen LogP contribution in [0.2, 0.25) is 0 Å². The lowest BCUT2D eigenvalue weighted by Gasteiger charge is -2.29. The number of rotatable bonds is 3. The first-order valence-electron chi connectivity index (χ1n) is 10.3. The zero-order valence-corrected chi connectivity index (χ0v) is 15.8. The maximum atomic E-state index is 13.4. The zero-order chi connectivity index (χ0) is 18.8. The van der Waals surface area contributed by atoms with Crippen molar-refractivity contribution in [3.63, 3.8) is 0 Å². The molecule has 5 heteroatoms. The van der Waals surface area contributed by atoms with E-state index >= 15 is 0 Å². The van der Waals surface area contributed by atoms with Gasteiger partial charge in [-0.1, -0.05) is 44.2 Å². The van der Waals surface area contributed by atoms with E-state index in [1.54, 1.807) is 12.1 Å². The van der Waals surface area contributed by atoms with E-state index in [4.69, 9.17) is 0 Å². The lowest BCUT2D eigenvalue weighted by atomic mass is 9.95. The minimum Gasteiger partial charge on any atom is -0.366 e. The highest BCUT2D eigenvalue weighted by molar-refractivity contribution is 6.35. The van der Waals surface area contributed by atoms with Crippen molar-refractivity contribution in [2.75, 3.05) is 13.1 Å². The van der Waals surface area contributed by atoms with E-state index in [1.165, 1.54) is 36.3 Å². The van der Waals surface area contributed by atoms with Crippen LogP contribution in [0.15, 0.2) is 30.0 Å². The smallest absolute Gasteiger partial charge is 0.278 e. The summed E-state index contributed by atoms with van der Waals surface area (Å²) in [4.78, 5) is 30.4. The van der Waals surface area contributed by atoms with Gasteiger partial charge in [-0.2, -0.15) is 0 Å². The summed E-state index contributed by atoms with van der Waals surface area (Å²) in [6, 6.07) is 5.95. The Hall–Kier alpha value is -2.17. The molecule has 27 heavy (non-hydrogen) atoms. The molecule has 0 atom stereocenters. The standard InChI is InChI=1S/C22H27FN2O2/c23-17-12-10-16(11-13-17)19-20(24-14-6-7-15-24)22(27)25(21(19)26)18-8-4-2-1-3-5-9-18/h10-13,18H,1-9,14-15H2. The first-order valence-corrected chi connectivity index (χ1v) is 10.3. The Morgan fingerprint density at radius 3 is 2.00 bits per heavy atom. The number of hydrogen-bond donors (Lipinski definition) is 0. The third-order valence-electron chi connectivity index (χ3n) is 6.09. The SMILES string of the molecule is O=C1C(c2ccc(F)cc2)=C(N2CCCC2)C(=O)N1C1CCCCCCC1. The molecule has 0 unspecified atom stereocenters. The van der Waals surface area contributed by atoms with Crippen LogP contribution in [-0.2, 0) is 9.59 Å². The summed E-state index contributed by atoms with van der Waals surface area (Å²) in [6.45, 7) is 1.61. The average Bonchev–Trinajstić information content (AvgIpc) is 3.23. The van der Waals surface area contributed by atoms with Crippen LogP contribution < -0.4 is 0 Å². The predicted molar refractivity (Wildman–Crippen MR) is 102 cm³/mol. The Bertz CT molecular complexity index is 742. The van der Waals surface area contributed by atoms with Crippen molar-refractivity contribution >= 4 is 17.4 Å². The van der Waals surface area contributed by atoms with E-state index in [9.17, 15) is 14.0 Å². The van der Waals surface area contributed by atoms with E-state index in [0.29, 0.717) is 16.8 Å². The number of amides is 2. The predicted octanol–water partition coefficient (Wildman–Crippen LogP) is 4.11. The Kier molecular flexibility index (Phi) is 5.28. The third kappa shape index (κ3) is 3.52. The summed E-state index contributed by atoms with van der Waals surface area (Å²) in [5.41, 5.74) is 1.64. The van der Waals surface area contributed by atoms with Crippen molar-refractivity contribution in [3.8, 4) is 0 Å². The lowest BCUT2D eigenvalue weighted by molar-refractivity contribution is -0.140. The molecule has 1 aromatic carbocycles. The van der Waals surface area contributed by atoms with Crippen LogP contribution >= 0.6 is 0 Å². The molecule has 0 N–H and O–H groups in total.